The van der Waals surface area contributed by atoms with Gasteiger partial charge in [-0.1, -0.05) is 12.1 Å². The van der Waals surface area contributed by atoms with Crippen molar-refractivity contribution >= 4 is 35.6 Å². The molecule has 152 valence electrons. The van der Waals surface area contributed by atoms with Crippen molar-refractivity contribution in [1.82, 2.24) is 10.6 Å². The summed E-state index contributed by atoms with van der Waals surface area (Å²) in [6.45, 7) is 1.28. The number of nitrogens with zero attached hydrogens (tertiary/aromatic N) is 2. The molecule has 1 heterocycles. The predicted octanol–water partition coefficient (Wildman–Crippen LogP) is 3.37. The molecule has 1 saturated heterocycles. The van der Waals surface area contributed by atoms with Gasteiger partial charge in [-0.3, -0.25) is 4.99 Å². The van der Waals surface area contributed by atoms with Gasteiger partial charge in [0, 0.05) is 32.7 Å². The van der Waals surface area contributed by atoms with Crippen molar-refractivity contribution in [2.45, 2.75) is 19.0 Å². The number of hydrogen-bond donors (Lipinski definition) is 3. The van der Waals surface area contributed by atoms with Crippen LogP contribution in [0.25, 0.3) is 0 Å². The van der Waals surface area contributed by atoms with Gasteiger partial charge in [-0.2, -0.15) is 0 Å². The number of benzene rings is 2. The second-order valence-electron chi connectivity index (χ2n) is 6.36. The summed E-state index contributed by atoms with van der Waals surface area (Å²) >= 11 is 0. The summed E-state index contributed by atoms with van der Waals surface area (Å²) in [5, 5.41) is 15.5. The first-order chi connectivity index (χ1) is 13.0. The van der Waals surface area contributed by atoms with E-state index < -0.39 is 23.2 Å². The quantitative estimate of drug-likeness (QED) is 0.338. The van der Waals surface area contributed by atoms with Crippen molar-refractivity contribution in [3.05, 3.63) is 59.4 Å². The SMILES string of the molecule is CN=C(NCc1ccc(O)c(F)c1)NC1CCN(c2c(F)cccc2F)C1.I. The van der Waals surface area contributed by atoms with E-state index in [4.69, 9.17) is 0 Å². The molecule has 0 aromatic heterocycles. The Morgan fingerprint density at radius 1 is 1.18 bits per heavy atom. The number of hydrogen-bond acceptors (Lipinski definition) is 3. The first-order valence-corrected chi connectivity index (χ1v) is 8.61. The lowest BCUT2D eigenvalue weighted by Crippen LogP contribution is -2.44. The predicted molar refractivity (Wildman–Crippen MR) is 114 cm³/mol. The first kappa shape index (κ1) is 22.1. The first-order valence-electron chi connectivity index (χ1n) is 8.61. The number of para-hydroxylation sites is 1. The molecule has 0 bridgehead atoms. The number of halogens is 4. The molecule has 0 aliphatic carbocycles. The van der Waals surface area contributed by atoms with Crippen LogP contribution < -0.4 is 15.5 Å². The number of aliphatic imine (C=N–C) groups is 1. The van der Waals surface area contributed by atoms with Crippen molar-refractivity contribution in [1.29, 1.82) is 0 Å². The van der Waals surface area contributed by atoms with E-state index in [1.165, 1.54) is 30.3 Å². The zero-order chi connectivity index (χ0) is 19.4. The van der Waals surface area contributed by atoms with E-state index in [-0.39, 0.29) is 35.7 Å². The van der Waals surface area contributed by atoms with Gasteiger partial charge in [0.25, 0.3) is 0 Å². The molecule has 1 aliphatic heterocycles. The van der Waals surface area contributed by atoms with Gasteiger partial charge in [-0.05, 0) is 36.2 Å². The van der Waals surface area contributed by atoms with Crippen LogP contribution in [-0.2, 0) is 6.54 Å². The van der Waals surface area contributed by atoms with Gasteiger partial charge in [0.15, 0.2) is 17.5 Å². The molecular weight excluding hydrogens is 484 g/mol. The van der Waals surface area contributed by atoms with Gasteiger partial charge in [-0.15, -0.1) is 24.0 Å². The lowest BCUT2D eigenvalue weighted by atomic mass is 10.2. The van der Waals surface area contributed by atoms with Crippen LogP contribution in [0.1, 0.15) is 12.0 Å². The number of anilines is 1. The third-order valence-electron chi connectivity index (χ3n) is 4.48. The van der Waals surface area contributed by atoms with E-state index >= 15 is 0 Å². The van der Waals surface area contributed by atoms with Crippen LogP contribution in [0.4, 0.5) is 18.9 Å². The second kappa shape index (κ2) is 9.85. The molecule has 9 heteroatoms. The van der Waals surface area contributed by atoms with Crippen LogP contribution in [0.15, 0.2) is 41.4 Å². The van der Waals surface area contributed by atoms with E-state index in [0.717, 1.165) is 0 Å². The lowest BCUT2D eigenvalue weighted by molar-refractivity contribution is 0.431. The highest BCUT2D eigenvalue weighted by molar-refractivity contribution is 14.0. The number of phenolic OH excluding ortho intramolecular Hbond substituents is 1. The van der Waals surface area contributed by atoms with E-state index in [1.807, 2.05) is 0 Å². The Bertz CT molecular complexity index is 830. The van der Waals surface area contributed by atoms with E-state index in [0.29, 0.717) is 37.6 Å². The van der Waals surface area contributed by atoms with Gasteiger partial charge in [-0.25, -0.2) is 13.2 Å². The van der Waals surface area contributed by atoms with Gasteiger partial charge in [0.2, 0.25) is 0 Å². The molecule has 28 heavy (non-hydrogen) atoms. The third kappa shape index (κ3) is 5.21. The molecular formula is C19H22F3IN4O. The highest BCUT2D eigenvalue weighted by atomic mass is 127. The Morgan fingerprint density at radius 3 is 2.54 bits per heavy atom. The summed E-state index contributed by atoms with van der Waals surface area (Å²) in [6, 6.07) is 7.95. The molecule has 3 N–H and O–H groups in total. The van der Waals surface area contributed by atoms with Crippen LogP contribution in [-0.4, -0.2) is 37.2 Å². The van der Waals surface area contributed by atoms with Crippen molar-refractivity contribution < 1.29 is 18.3 Å². The van der Waals surface area contributed by atoms with Gasteiger partial charge in [0.05, 0.1) is 0 Å². The molecule has 5 nitrogen and oxygen atoms in total. The minimum atomic E-state index is -0.685. The second-order valence-corrected chi connectivity index (χ2v) is 6.36. The van der Waals surface area contributed by atoms with Crippen LogP contribution in [0, 0.1) is 17.5 Å². The smallest absolute Gasteiger partial charge is 0.191 e. The zero-order valence-corrected chi connectivity index (χ0v) is 17.6. The lowest BCUT2D eigenvalue weighted by Gasteiger charge is -2.21. The van der Waals surface area contributed by atoms with Crippen LogP contribution >= 0.6 is 24.0 Å². The van der Waals surface area contributed by atoms with Crippen LogP contribution in [0.2, 0.25) is 0 Å². The summed E-state index contributed by atoms with van der Waals surface area (Å²) in [5.74, 6) is -1.73. The van der Waals surface area contributed by atoms with E-state index in [9.17, 15) is 18.3 Å². The van der Waals surface area contributed by atoms with Crippen molar-refractivity contribution in [3.63, 3.8) is 0 Å². The van der Waals surface area contributed by atoms with Crippen LogP contribution in [0.3, 0.4) is 0 Å². The molecule has 1 aliphatic rings. The summed E-state index contributed by atoms with van der Waals surface area (Å²) < 4.78 is 41.3. The average molecular weight is 506 g/mol. The normalized spacial score (nSPS) is 16.6. The average Bonchev–Trinajstić information content (AvgIpc) is 3.09. The summed E-state index contributed by atoms with van der Waals surface area (Å²) in [5.41, 5.74) is 0.638. The van der Waals surface area contributed by atoms with E-state index in [2.05, 4.69) is 15.6 Å². The minimum absolute atomic E-state index is 0. The van der Waals surface area contributed by atoms with Gasteiger partial charge in [0.1, 0.15) is 17.3 Å². The molecule has 3 rings (SSSR count). The molecule has 0 amide bonds. The monoisotopic (exact) mass is 506 g/mol. The Kier molecular flexibility index (Phi) is 7.78. The fourth-order valence-electron chi connectivity index (χ4n) is 3.11. The summed E-state index contributed by atoms with van der Waals surface area (Å²) in [6.07, 6.45) is 0.697. The zero-order valence-electron chi connectivity index (χ0n) is 15.3. The highest BCUT2D eigenvalue weighted by Crippen LogP contribution is 2.26. The van der Waals surface area contributed by atoms with Crippen LogP contribution in [0.5, 0.6) is 5.75 Å². The standard InChI is InChI=1S/C19H21F3N4O.HI/c1-23-19(24-10-12-5-6-17(27)16(22)9-12)25-13-7-8-26(11-13)18-14(20)3-2-4-15(18)21;/h2-6,9,13,27H,7-8,10-11H2,1H3,(H2,23,24,25);1H. The number of aromatic hydroxyl groups is 1. The molecule has 0 radical (unpaired) electrons. The Morgan fingerprint density at radius 2 is 1.89 bits per heavy atom. The number of rotatable bonds is 4. The minimum Gasteiger partial charge on any atom is -0.505 e. The maximum Gasteiger partial charge on any atom is 0.191 e. The van der Waals surface area contributed by atoms with Crippen molar-refractivity contribution in [3.8, 4) is 5.75 Å². The molecule has 1 atom stereocenters. The van der Waals surface area contributed by atoms with E-state index in [1.54, 1.807) is 18.0 Å². The molecule has 0 saturated carbocycles. The molecule has 1 unspecified atom stereocenters. The fourth-order valence-corrected chi connectivity index (χ4v) is 3.11. The maximum atomic E-state index is 13.9. The molecule has 2 aromatic carbocycles. The Labute approximate surface area is 178 Å². The summed E-state index contributed by atoms with van der Waals surface area (Å²) in [7, 11) is 1.61. The van der Waals surface area contributed by atoms with Gasteiger partial charge < -0.3 is 20.6 Å². The Balaban J connectivity index is 0.00000280. The van der Waals surface area contributed by atoms with Crippen molar-refractivity contribution in [2.24, 2.45) is 4.99 Å². The number of phenols is 1. The highest BCUT2D eigenvalue weighted by Gasteiger charge is 2.27. The molecule has 0 spiro atoms. The largest absolute Gasteiger partial charge is 0.505 e. The topological polar surface area (TPSA) is 59.9 Å². The number of nitrogens with one attached hydrogen (secondary N) is 2. The summed E-state index contributed by atoms with van der Waals surface area (Å²) in [4.78, 5) is 5.80. The van der Waals surface area contributed by atoms with Crippen molar-refractivity contribution in [2.75, 3.05) is 25.0 Å². The Hall–Kier alpha value is -2.17. The molecule has 1 fully saturated rings. The maximum absolute atomic E-state index is 13.9. The number of guanidine groups is 1. The van der Waals surface area contributed by atoms with Gasteiger partial charge >= 0.3 is 0 Å². The fraction of sp³-hybridized carbons (Fsp3) is 0.316. The third-order valence-corrected chi connectivity index (χ3v) is 4.48. The molecule has 2 aromatic rings.